The van der Waals surface area contributed by atoms with E-state index in [1.54, 1.807) is 30.3 Å². The quantitative estimate of drug-likeness (QED) is 0.508. The van der Waals surface area contributed by atoms with Crippen LogP contribution >= 0.6 is 11.3 Å². The van der Waals surface area contributed by atoms with Crippen LogP contribution in [0.25, 0.3) is 11.0 Å². The van der Waals surface area contributed by atoms with Crippen LogP contribution in [0.3, 0.4) is 0 Å². The van der Waals surface area contributed by atoms with Crippen molar-refractivity contribution >= 4 is 39.9 Å². The van der Waals surface area contributed by atoms with E-state index in [1.807, 2.05) is 42.6 Å². The van der Waals surface area contributed by atoms with Gasteiger partial charge in [-0.1, -0.05) is 30.3 Å². The van der Waals surface area contributed by atoms with Crippen LogP contribution in [0.2, 0.25) is 0 Å². The molecule has 0 aliphatic heterocycles. The van der Waals surface area contributed by atoms with Crippen molar-refractivity contribution < 1.29 is 9.59 Å². The second-order valence-electron chi connectivity index (χ2n) is 6.53. The second kappa shape index (κ2) is 8.28. The number of rotatable bonds is 6. The number of carbonyl (C=O) groups is 2. The Hall–Kier alpha value is -3.45. The Bertz CT molecular complexity index is 1160. The van der Waals surface area contributed by atoms with Crippen molar-refractivity contribution in [3.8, 4) is 0 Å². The van der Waals surface area contributed by atoms with Crippen LogP contribution in [-0.2, 0) is 6.54 Å². The third-order valence-corrected chi connectivity index (χ3v) is 5.50. The highest BCUT2D eigenvalue weighted by Gasteiger charge is 2.14. The minimum absolute atomic E-state index is 0.222. The first-order valence-corrected chi connectivity index (χ1v) is 10.2. The molecule has 4 aromatic rings. The first kappa shape index (κ1) is 18.9. The van der Waals surface area contributed by atoms with Gasteiger partial charge in [-0.25, -0.2) is 4.98 Å². The van der Waals surface area contributed by atoms with E-state index in [0.29, 0.717) is 29.2 Å². The number of thiophene rings is 1. The fourth-order valence-corrected chi connectivity index (χ4v) is 3.86. The average molecular weight is 404 g/mol. The molecule has 7 heteroatoms. The Labute approximate surface area is 172 Å². The lowest BCUT2D eigenvalue weighted by molar-refractivity contribution is 0.0953. The van der Waals surface area contributed by atoms with Crippen molar-refractivity contribution in [2.24, 2.45) is 0 Å². The van der Waals surface area contributed by atoms with Gasteiger partial charge in [-0.05, 0) is 42.6 Å². The summed E-state index contributed by atoms with van der Waals surface area (Å²) in [5.74, 6) is 0.457. The Morgan fingerprint density at radius 1 is 1.00 bits per heavy atom. The molecule has 2 heterocycles. The van der Waals surface area contributed by atoms with Gasteiger partial charge in [-0.3, -0.25) is 9.59 Å². The summed E-state index contributed by atoms with van der Waals surface area (Å²) in [6.07, 6.45) is 0. The Morgan fingerprint density at radius 2 is 1.79 bits per heavy atom. The second-order valence-corrected chi connectivity index (χ2v) is 7.48. The van der Waals surface area contributed by atoms with Gasteiger partial charge in [0, 0.05) is 13.1 Å². The number of nitrogens with zero attached hydrogens (tertiary/aromatic N) is 2. The van der Waals surface area contributed by atoms with E-state index in [1.165, 1.54) is 11.3 Å². The number of hydrogen-bond donors (Lipinski definition) is 2. The number of aromatic nitrogens is 2. The SMILES string of the molecule is Cc1nc2ccccc2n1CCNC(=O)c1ccccc1NC(=O)c1cccs1. The van der Waals surface area contributed by atoms with Crippen LogP contribution in [0.4, 0.5) is 5.69 Å². The Kier molecular flexibility index (Phi) is 5.39. The smallest absolute Gasteiger partial charge is 0.265 e. The summed E-state index contributed by atoms with van der Waals surface area (Å²) >= 11 is 1.36. The van der Waals surface area contributed by atoms with E-state index in [0.717, 1.165) is 16.9 Å². The molecule has 0 spiro atoms. The van der Waals surface area contributed by atoms with Gasteiger partial charge in [0.2, 0.25) is 0 Å². The number of imidazole rings is 1. The van der Waals surface area contributed by atoms with Gasteiger partial charge in [0.15, 0.2) is 0 Å². The summed E-state index contributed by atoms with van der Waals surface area (Å²) < 4.78 is 2.08. The summed E-state index contributed by atoms with van der Waals surface area (Å²) in [4.78, 5) is 30.2. The monoisotopic (exact) mass is 404 g/mol. The fourth-order valence-electron chi connectivity index (χ4n) is 3.24. The third kappa shape index (κ3) is 4.05. The minimum Gasteiger partial charge on any atom is -0.350 e. The van der Waals surface area contributed by atoms with Crippen molar-refractivity contribution in [1.82, 2.24) is 14.9 Å². The van der Waals surface area contributed by atoms with E-state index in [9.17, 15) is 9.59 Å². The molecular formula is C22H20N4O2S. The lowest BCUT2D eigenvalue weighted by Crippen LogP contribution is -2.28. The van der Waals surface area contributed by atoms with Crippen molar-refractivity contribution in [2.75, 3.05) is 11.9 Å². The summed E-state index contributed by atoms with van der Waals surface area (Å²) in [5, 5.41) is 7.61. The van der Waals surface area contributed by atoms with E-state index in [-0.39, 0.29) is 11.8 Å². The molecule has 0 fully saturated rings. The van der Waals surface area contributed by atoms with Crippen molar-refractivity contribution in [3.63, 3.8) is 0 Å². The number of aryl methyl sites for hydroxylation is 1. The van der Waals surface area contributed by atoms with Crippen LogP contribution in [0.1, 0.15) is 25.9 Å². The molecular weight excluding hydrogens is 384 g/mol. The summed E-state index contributed by atoms with van der Waals surface area (Å²) in [6.45, 7) is 3.02. The maximum absolute atomic E-state index is 12.7. The predicted molar refractivity (Wildman–Crippen MR) is 116 cm³/mol. The molecule has 2 N–H and O–H groups in total. The fraction of sp³-hybridized carbons (Fsp3) is 0.136. The molecule has 0 unspecified atom stereocenters. The molecule has 146 valence electrons. The maximum Gasteiger partial charge on any atom is 0.265 e. The standard InChI is InChI=1S/C22H20N4O2S/c1-15-24-18-9-4-5-10-19(18)26(15)13-12-23-21(27)16-7-2-3-8-17(16)25-22(28)20-11-6-14-29-20/h2-11,14H,12-13H2,1H3,(H,23,27)(H,25,28). The van der Waals surface area contributed by atoms with Crippen LogP contribution in [-0.4, -0.2) is 27.9 Å². The van der Waals surface area contributed by atoms with Crippen molar-refractivity contribution in [2.45, 2.75) is 13.5 Å². The molecule has 0 aliphatic rings. The topological polar surface area (TPSA) is 76.0 Å². The van der Waals surface area contributed by atoms with Gasteiger partial charge < -0.3 is 15.2 Å². The summed E-state index contributed by atoms with van der Waals surface area (Å²) in [5.41, 5.74) is 2.91. The molecule has 2 amide bonds. The molecule has 2 aromatic heterocycles. The highest BCUT2D eigenvalue weighted by molar-refractivity contribution is 7.12. The van der Waals surface area contributed by atoms with Crippen molar-refractivity contribution in [3.05, 3.63) is 82.3 Å². The number of benzene rings is 2. The van der Waals surface area contributed by atoms with Crippen LogP contribution in [0, 0.1) is 6.92 Å². The van der Waals surface area contributed by atoms with E-state index < -0.39 is 0 Å². The number of nitrogens with one attached hydrogen (secondary N) is 2. The molecule has 0 bridgehead atoms. The average Bonchev–Trinajstić information content (AvgIpc) is 3.37. The molecule has 29 heavy (non-hydrogen) atoms. The Morgan fingerprint density at radius 3 is 2.62 bits per heavy atom. The lowest BCUT2D eigenvalue weighted by Gasteiger charge is -2.12. The first-order valence-electron chi connectivity index (χ1n) is 9.27. The number of amides is 2. The zero-order valence-corrected chi connectivity index (χ0v) is 16.7. The maximum atomic E-state index is 12.7. The molecule has 0 atom stereocenters. The van der Waals surface area contributed by atoms with E-state index >= 15 is 0 Å². The van der Waals surface area contributed by atoms with E-state index in [2.05, 4.69) is 20.2 Å². The molecule has 0 radical (unpaired) electrons. The van der Waals surface area contributed by atoms with Crippen LogP contribution in [0.15, 0.2) is 66.0 Å². The summed E-state index contributed by atoms with van der Waals surface area (Å²) in [7, 11) is 0. The highest BCUT2D eigenvalue weighted by Crippen LogP contribution is 2.18. The van der Waals surface area contributed by atoms with Gasteiger partial charge >= 0.3 is 0 Å². The summed E-state index contributed by atoms with van der Waals surface area (Å²) in [6, 6.07) is 18.5. The highest BCUT2D eigenvalue weighted by atomic mass is 32.1. The number of carbonyl (C=O) groups excluding carboxylic acids is 2. The number of hydrogen-bond acceptors (Lipinski definition) is 4. The third-order valence-electron chi connectivity index (χ3n) is 4.63. The largest absolute Gasteiger partial charge is 0.350 e. The van der Waals surface area contributed by atoms with E-state index in [4.69, 9.17) is 0 Å². The molecule has 0 saturated heterocycles. The Balaban J connectivity index is 1.44. The normalized spacial score (nSPS) is 10.8. The number of fused-ring (bicyclic) bond motifs is 1. The molecule has 6 nitrogen and oxygen atoms in total. The number of anilines is 1. The minimum atomic E-state index is -0.228. The van der Waals surface area contributed by atoms with Gasteiger partial charge in [-0.15, -0.1) is 11.3 Å². The van der Waals surface area contributed by atoms with Gasteiger partial charge in [0.05, 0.1) is 27.2 Å². The lowest BCUT2D eigenvalue weighted by atomic mass is 10.1. The zero-order valence-electron chi connectivity index (χ0n) is 15.9. The first-order chi connectivity index (χ1) is 14.1. The van der Waals surface area contributed by atoms with Gasteiger partial charge in [0.1, 0.15) is 5.82 Å². The molecule has 0 aliphatic carbocycles. The predicted octanol–water partition coefficient (Wildman–Crippen LogP) is 4.09. The zero-order chi connectivity index (χ0) is 20.2. The molecule has 0 saturated carbocycles. The molecule has 2 aromatic carbocycles. The van der Waals surface area contributed by atoms with Crippen LogP contribution < -0.4 is 10.6 Å². The van der Waals surface area contributed by atoms with Gasteiger partial charge in [-0.2, -0.15) is 0 Å². The molecule has 4 rings (SSSR count). The number of para-hydroxylation sites is 3. The van der Waals surface area contributed by atoms with Crippen LogP contribution in [0.5, 0.6) is 0 Å². The van der Waals surface area contributed by atoms with Crippen molar-refractivity contribution in [1.29, 1.82) is 0 Å². The van der Waals surface area contributed by atoms with Gasteiger partial charge in [0.25, 0.3) is 11.8 Å².